The van der Waals surface area contributed by atoms with Crippen LogP contribution in [-0.2, 0) is 4.79 Å². The molecule has 0 bridgehead atoms. The van der Waals surface area contributed by atoms with Crippen LogP contribution in [0.3, 0.4) is 0 Å². The van der Waals surface area contributed by atoms with Gasteiger partial charge in [-0.3, -0.25) is 4.79 Å². The van der Waals surface area contributed by atoms with E-state index in [4.69, 9.17) is 0 Å². The first kappa shape index (κ1) is 16.5. The van der Waals surface area contributed by atoms with Gasteiger partial charge in [0.1, 0.15) is 0 Å². The van der Waals surface area contributed by atoms with Crippen molar-refractivity contribution in [2.75, 3.05) is 19.0 Å². The fourth-order valence-corrected chi connectivity index (χ4v) is 2.06. The molecule has 0 aliphatic rings. The van der Waals surface area contributed by atoms with Gasteiger partial charge < -0.3 is 4.90 Å². The molecule has 0 atom stereocenters. The summed E-state index contributed by atoms with van der Waals surface area (Å²) in [5, 5.41) is 0. The van der Waals surface area contributed by atoms with Gasteiger partial charge >= 0.3 is 0 Å². The van der Waals surface area contributed by atoms with E-state index in [-0.39, 0.29) is 5.78 Å². The van der Waals surface area contributed by atoms with Crippen LogP contribution in [0, 0.1) is 0 Å². The Kier molecular flexibility index (Phi) is 7.71. The number of carbonyl (C=O) groups excluding carboxylic acids is 1. The van der Waals surface area contributed by atoms with Crippen LogP contribution >= 0.6 is 0 Å². The number of hydrogen-bond acceptors (Lipinski definition) is 2. The van der Waals surface area contributed by atoms with Crippen LogP contribution in [0.4, 0.5) is 5.69 Å². The van der Waals surface area contributed by atoms with Gasteiger partial charge in [0.15, 0.2) is 5.78 Å². The van der Waals surface area contributed by atoms with E-state index in [0.29, 0.717) is 6.42 Å². The SMILES string of the molecule is CCCCCCCC(=O)C=Cc1ccc(N(C)C)cc1. The number of anilines is 1. The van der Waals surface area contributed by atoms with Gasteiger partial charge in [-0.05, 0) is 30.2 Å². The van der Waals surface area contributed by atoms with Crippen LogP contribution in [0.5, 0.6) is 0 Å². The van der Waals surface area contributed by atoms with Gasteiger partial charge in [0.05, 0.1) is 0 Å². The molecular weight excluding hydrogens is 246 g/mol. The minimum atomic E-state index is 0.234. The Hall–Kier alpha value is -1.57. The molecule has 0 amide bonds. The van der Waals surface area contributed by atoms with Gasteiger partial charge in [-0.1, -0.05) is 50.8 Å². The van der Waals surface area contributed by atoms with E-state index >= 15 is 0 Å². The second-order valence-electron chi connectivity index (χ2n) is 5.45. The molecule has 2 heteroatoms. The quantitative estimate of drug-likeness (QED) is 0.480. The molecule has 0 saturated heterocycles. The molecule has 1 aromatic carbocycles. The molecule has 2 nitrogen and oxygen atoms in total. The Morgan fingerprint density at radius 2 is 1.70 bits per heavy atom. The van der Waals surface area contributed by atoms with Crippen molar-refractivity contribution in [3.63, 3.8) is 0 Å². The van der Waals surface area contributed by atoms with E-state index in [1.54, 1.807) is 6.08 Å². The lowest BCUT2D eigenvalue weighted by Gasteiger charge is -2.11. The largest absolute Gasteiger partial charge is 0.378 e. The predicted octanol–water partition coefficient (Wildman–Crippen LogP) is 4.70. The van der Waals surface area contributed by atoms with Crippen molar-refractivity contribution >= 4 is 17.5 Å². The molecule has 0 heterocycles. The molecule has 1 aromatic rings. The van der Waals surface area contributed by atoms with E-state index in [9.17, 15) is 4.79 Å². The molecule has 1 rings (SSSR count). The maximum absolute atomic E-state index is 11.7. The fourth-order valence-electron chi connectivity index (χ4n) is 2.06. The maximum Gasteiger partial charge on any atom is 0.155 e. The number of ketones is 1. The van der Waals surface area contributed by atoms with Crippen molar-refractivity contribution in [2.45, 2.75) is 45.4 Å². The Balaban J connectivity index is 2.33. The van der Waals surface area contributed by atoms with Crippen molar-refractivity contribution in [3.05, 3.63) is 35.9 Å². The maximum atomic E-state index is 11.7. The highest BCUT2D eigenvalue weighted by Crippen LogP contribution is 2.13. The lowest BCUT2D eigenvalue weighted by molar-refractivity contribution is -0.114. The minimum Gasteiger partial charge on any atom is -0.378 e. The first-order chi connectivity index (χ1) is 9.63. The van der Waals surface area contributed by atoms with Crippen molar-refractivity contribution in [1.82, 2.24) is 0 Å². The molecule has 0 aliphatic heterocycles. The molecule has 110 valence electrons. The Morgan fingerprint density at radius 3 is 2.30 bits per heavy atom. The molecule has 0 N–H and O–H groups in total. The van der Waals surface area contributed by atoms with Crippen molar-refractivity contribution in [3.8, 4) is 0 Å². The molecule has 0 unspecified atom stereocenters. The van der Waals surface area contributed by atoms with Gasteiger partial charge in [0.25, 0.3) is 0 Å². The number of rotatable bonds is 9. The standard InChI is InChI=1S/C18H27NO/c1-4-5-6-7-8-9-18(20)15-12-16-10-13-17(14-11-16)19(2)3/h10-15H,4-9H2,1-3H3. The summed E-state index contributed by atoms with van der Waals surface area (Å²) in [5.41, 5.74) is 2.25. The van der Waals surface area contributed by atoms with E-state index < -0.39 is 0 Å². The number of allylic oxidation sites excluding steroid dienone is 1. The van der Waals surface area contributed by atoms with Crippen molar-refractivity contribution < 1.29 is 4.79 Å². The van der Waals surface area contributed by atoms with Gasteiger partial charge in [-0.2, -0.15) is 0 Å². The average Bonchev–Trinajstić information content (AvgIpc) is 2.45. The van der Waals surface area contributed by atoms with Crippen molar-refractivity contribution in [1.29, 1.82) is 0 Å². The number of unbranched alkanes of at least 4 members (excludes halogenated alkanes) is 4. The first-order valence-corrected chi connectivity index (χ1v) is 7.61. The summed E-state index contributed by atoms with van der Waals surface area (Å²) in [7, 11) is 4.04. The molecule has 0 aromatic heterocycles. The highest BCUT2D eigenvalue weighted by atomic mass is 16.1. The Morgan fingerprint density at radius 1 is 1.05 bits per heavy atom. The summed E-state index contributed by atoms with van der Waals surface area (Å²) in [4.78, 5) is 13.8. The topological polar surface area (TPSA) is 20.3 Å². The van der Waals surface area contributed by atoms with Crippen LogP contribution in [0.2, 0.25) is 0 Å². The molecule has 0 radical (unpaired) electrons. The number of hydrogen-bond donors (Lipinski definition) is 0. The van der Waals surface area contributed by atoms with Crippen LogP contribution in [-0.4, -0.2) is 19.9 Å². The zero-order valence-electron chi connectivity index (χ0n) is 13.1. The Bertz CT molecular complexity index is 418. The predicted molar refractivity (Wildman–Crippen MR) is 88.2 cm³/mol. The third-order valence-electron chi connectivity index (χ3n) is 3.40. The van der Waals surface area contributed by atoms with E-state index in [2.05, 4.69) is 24.0 Å². The molecular formula is C18H27NO. The van der Waals surface area contributed by atoms with Crippen LogP contribution in [0.25, 0.3) is 6.08 Å². The van der Waals surface area contributed by atoms with E-state index in [0.717, 1.165) is 12.0 Å². The van der Waals surface area contributed by atoms with Crippen molar-refractivity contribution in [2.24, 2.45) is 0 Å². The van der Waals surface area contributed by atoms with E-state index in [1.807, 2.05) is 32.3 Å². The van der Waals surface area contributed by atoms with Crippen LogP contribution in [0.15, 0.2) is 30.3 Å². The van der Waals surface area contributed by atoms with E-state index in [1.165, 1.54) is 31.4 Å². The lowest BCUT2D eigenvalue weighted by Crippen LogP contribution is -2.07. The molecule has 0 spiro atoms. The summed E-state index contributed by atoms with van der Waals surface area (Å²) in [5.74, 6) is 0.234. The number of benzene rings is 1. The fraction of sp³-hybridized carbons (Fsp3) is 0.500. The van der Waals surface area contributed by atoms with Crippen LogP contribution in [0.1, 0.15) is 51.0 Å². The smallest absolute Gasteiger partial charge is 0.155 e. The summed E-state index contributed by atoms with van der Waals surface area (Å²) in [6, 6.07) is 8.21. The zero-order chi connectivity index (χ0) is 14.8. The zero-order valence-corrected chi connectivity index (χ0v) is 13.1. The first-order valence-electron chi connectivity index (χ1n) is 7.61. The number of nitrogens with zero attached hydrogens (tertiary/aromatic N) is 1. The normalized spacial score (nSPS) is 10.9. The summed E-state index contributed by atoms with van der Waals surface area (Å²) in [6.07, 6.45) is 10.3. The third-order valence-corrected chi connectivity index (χ3v) is 3.40. The van der Waals surface area contributed by atoms with Gasteiger partial charge in [0.2, 0.25) is 0 Å². The molecule has 0 saturated carbocycles. The van der Waals surface area contributed by atoms with Gasteiger partial charge in [-0.25, -0.2) is 0 Å². The number of carbonyl (C=O) groups is 1. The summed E-state index contributed by atoms with van der Waals surface area (Å²) >= 11 is 0. The second kappa shape index (κ2) is 9.35. The summed E-state index contributed by atoms with van der Waals surface area (Å²) in [6.45, 7) is 2.20. The van der Waals surface area contributed by atoms with Gasteiger partial charge in [0, 0.05) is 26.2 Å². The lowest BCUT2D eigenvalue weighted by atomic mass is 10.1. The molecule has 0 aliphatic carbocycles. The average molecular weight is 273 g/mol. The highest BCUT2D eigenvalue weighted by molar-refractivity contribution is 5.93. The third kappa shape index (κ3) is 6.55. The molecule has 20 heavy (non-hydrogen) atoms. The highest BCUT2D eigenvalue weighted by Gasteiger charge is 1.98. The molecule has 0 fully saturated rings. The minimum absolute atomic E-state index is 0.234. The Labute approximate surface area is 123 Å². The van der Waals surface area contributed by atoms with Gasteiger partial charge in [-0.15, -0.1) is 0 Å². The summed E-state index contributed by atoms with van der Waals surface area (Å²) < 4.78 is 0. The monoisotopic (exact) mass is 273 g/mol. The van der Waals surface area contributed by atoms with Crippen LogP contribution < -0.4 is 4.90 Å². The second-order valence-corrected chi connectivity index (χ2v) is 5.45.